The molecule has 2 rings (SSSR count). The van der Waals surface area contributed by atoms with Crippen molar-refractivity contribution in [2.75, 3.05) is 5.75 Å². The number of nitrogens with one attached hydrogen (secondary N) is 1. The Morgan fingerprint density at radius 1 is 1.08 bits per heavy atom. The predicted molar refractivity (Wildman–Crippen MR) is 85.0 cm³/mol. The van der Waals surface area contributed by atoms with E-state index in [9.17, 15) is 26.7 Å². The van der Waals surface area contributed by atoms with Crippen molar-refractivity contribution >= 4 is 29.3 Å². The molecule has 0 spiro atoms. The van der Waals surface area contributed by atoms with Gasteiger partial charge in [-0.15, -0.1) is 11.8 Å². The van der Waals surface area contributed by atoms with Gasteiger partial charge in [0.1, 0.15) is 0 Å². The molecule has 0 aromatic heterocycles. The number of rotatable bonds is 5. The van der Waals surface area contributed by atoms with Gasteiger partial charge in [0.2, 0.25) is 11.7 Å². The van der Waals surface area contributed by atoms with Crippen molar-refractivity contribution in [3.63, 3.8) is 0 Å². The van der Waals surface area contributed by atoms with Crippen LogP contribution in [0.3, 0.4) is 0 Å². The molecule has 0 aliphatic carbocycles. The summed E-state index contributed by atoms with van der Waals surface area (Å²) in [4.78, 5) is 10.8. The Balaban J connectivity index is 2.06. The summed E-state index contributed by atoms with van der Waals surface area (Å²) in [5, 5.41) is 3.02. The summed E-state index contributed by atoms with van der Waals surface area (Å²) in [6.07, 6.45) is 0. The molecule has 2 nitrogen and oxygen atoms in total. The SMILES string of the molecule is C[C@@H](NC(=O)CSc1c(F)c(F)c(F)c(F)c1F)c1cccc(Cl)c1. The fourth-order valence-corrected chi connectivity index (χ4v) is 2.98. The maximum absolute atomic E-state index is 13.5. The average Bonchev–Trinajstić information content (AvgIpc) is 2.58. The summed E-state index contributed by atoms with van der Waals surface area (Å²) in [5.41, 5.74) is 0.696. The lowest BCUT2D eigenvalue weighted by Gasteiger charge is -2.15. The number of halogens is 6. The van der Waals surface area contributed by atoms with E-state index in [-0.39, 0.29) is 11.8 Å². The van der Waals surface area contributed by atoms with Gasteiger partial charge in [0.05, 0.1) is 16.7 Å². The smallest absolute Gasteiger partial charge is 0.230 e. The minimum atomic E-state index is -2.24. The molecule has 0 saturated heterocycles. The van der Waals surface area contributed by atoms with E-state index in [4.69, 9.17) is 11.6 Å². The number of carbonyl (C=O) groups excluding carboxylic acids is 1. The van der Waals surface area contributed by atoms with Crippen LogP contribution >= 0.6 is 23.4 Å². The van der Waals surface area contributed by atoms with Gasteiger partial charge in [0, 0.05) is 5.02 Å². The van der Waals surface area contributed by atoms with Gasteiger partial charge in [-0.2, -0.15) is 0 Å². The van der Waals surface area contributed by atoms with E-state index in [1.54, 1.807) is 31.2 Å². The van der Waals surface area contributed by atoms with E-state index in [1.807, 2.05) is 0 Å². The van der Waals surface area contributed by atoms with E-state index in [0.717, 1.165) is 0 Å². The van der Waals surface area contributed by atoms with Crippen LogP contribution in [0, 0.1) is 29.1 Å². The van der Waals surface area contributed by atoms with Gasteiger partial charge in [0.15, 0.2) is 23.3 Å². The lowest BCUT2D eigenvalue weighted by molar-refractivity contribution is -0.119. The molecule has 2 aromatic rings. The highest BCUT2D eigenvalue weighted by Gasteiger charge is 2.26. The van der Waals surface area contributed by atoms with E-state index in [2.05, 4.69) is 5.32 Å². The Labute approximate surface area is 149 Å². The van der Waals surface area contributed by atoms with Gasteiger partial charge in [-0.3, -0.25) is 4.79 Å². The number of thioether (sulfide) groups is 1. The molecule has 0 aliphatic heterocycles. The van der Waals surface area contributed by atoms with Crippen LogP contribution in [0.15, 0.2) is 29.2 Å². The molecule has 1 amide bonds. The standard InChI is InChI=1S/C16H11ClF5NOS/c1-7(8-3-2-4-9(17)5-8)23-10(24)6-25-16-14(21)12(19)11(18)13(20)15(16)22/h2-5,7H,6H2,1H3,(H,23,24)/t7-/m1/s1. The van der Waals surface area contributed by atoms with Gasteiger partial charge in [-0.05, 0) is 24.6 Å². The summed E-state index contributed by atoms with van der Waals surface area (Å²) in [5.74, 6) is -11.4. The molecule has 25 heavy (non-hydrogen) atoms. The fraction of sp³-hybridized carbons (Fsp3) is 0.188. The van der Waals surface area contributed by atoms with E-state index >= 15 is 0 Å². The Hall–Kier alpha value is -1.80. The van der Waals surface area contributed by atoms with Crippen molar-refractivity contribution in [2.45, 2.75) is 17.9 Å². The normalized spacial score (nSPS) is 12.1. The lowest BCUT2D eigenvalue weighted by atomic mass is 10.1. The van der Waals surface area contributed by atoms with Crippen LogP contribution in [-0.2, 0) is 4.79 Å². The van der Waals surface area contributed by atoms with Gasteiger partial charge in [0.25, 0.3) is 0 Å². The summed E-state index contributed by atoms with van der Waals surface area (Å²) in [6.45, 7) is 1.66. The molecule has 1 N–H and O–H groups in total. The summed E-state index contributed by atoms with van der Waals surface area (Å²) < 4.78 is 66.3. The average molecular weight is 396 g/mol. The van der Waals surface area contributed by atoms with Crippen LogP contribution in [0.4, 0.5) is 22.0 Å². The van der Waals surface area contributed by atoms with Crippen LogP contribution in [0.1, 0.15) is 18.5 Å². The molecule has 0 heterocycles. The summed E-state index contributed by atoms with van der Waals surface area (Å²) >= 11 is 6.07. The number of carbonyl (C=O) groups is 1. The first-order valence-corrected chi connectivity index (χ1v) is 8.27. The van der Waals surface area contributed by atoms with Gasteiger partial charge < -0.3 is 5.32 Å². The van der Waals surface area contributed by atoms with Crippen molar-refractivity contribution in [3.05, 3.63) is 63.9 Å². The van der Waals surface area contributed by atoms with Crippen molar-refractivity contribution in [1.82, 2.24) is 5.32 Å². The second-order valence-electron chi connectivity index (χ2n) is 5.03. The lowest BCUT2D eigenvalue weighted by Crippen LogP contribution is -2.28. The van der Waals surface area contributed by atoms with Crippen molar-refractivity contribution in [3.8, 4) is 0 Å². The fourth-order valence-electron chi connectivity index (χ4n) is 1.99. The predicted octanol–water partition coefficient (Wildman–Crippen LogP) is 5.01. The monoisotopic (exact) mass is 395 g/mol. The molecule has 1 atom stereocenters. The van der Waals surface area contributed by atoms with E-state index in [0.29, 0.717) is 10.6 Å². The van der Waals surface area contributed by atoms with Gasteiger partial charge >= 0.3 is 0 Å². The largest absolute Gasteiger partial charge is 0.349 e. The highest BCUT2D eigenvalue weighted by atomic mass is 35.5. The van der Waals surface area contributed by atoms with Crippen LogP contribution < -0.4 is 5.32 Å². The Morgan fingerprint density at radius 3 is 2.20 bits per heavy atom. The number of amides is 1. The number of benzene rings is 2. The molecule has 0 fully saturated rings. The molecule has 9 heteroatoms. The van der Waals surface area contributed by atoms with Crippen molar-refractivity contribution < 1.29 is 26.7 Å². The molecule has 0 radical (unpaired) electrons. The first kappa shape index (κ1) is 19.5. The first-order chi connectivity index (χ1) is 11.7. The summed E-state index contributed by atoms with van der Waals surface area (Å²) in [6, 6.07) is 6.23. The Bertz CT molecular complexity index is 788. The topological polar surface area (TPSA) is 29.1 Å². The van der Waals surface area contributed by atoms with Gasteiger partial charge in [-0.25, -0.2) is 22.0 Å². The molecule has 0 aliphatic rings. The highest BCUT2D eigenvalue weighted by molar-refractivity contribution is 8.00. The van der Waals surface area contributed by atoms with Crippen LogP contribution in [0.2, 0.25) is 5.02 Å². The molecular formula is C16H11ClF5NOS. The first-order valence-electron chi connectivity index (χ1n) is 6.91. The van der Waals surface area contributed by atoms with Crippen LogP contribution in [-0.4, -0.2) is 11.7 Å². The highest BCUT2D eigenvalue weighted by Crippen LogP contribution is 2.30. The second-order valence-corrected chi connectivity index (χ2v) is 6.45. The second kappa shape index (κ2) is 8.05. The zero-order chi connectivity index (χ0) is 18.7. The maximum Gasteiger partial charge on any atom is 0.230 e. The van der Waals surface area contributed by atoms with E-state index in [1.165, 1.54) is 0 Å². The quantitative estimate of drug-likeness (QED) is 0.334. The summed E-state index contributed by atoms with van der Waals surface area (Å²) in [7, 11) is 0. The zero-order valence-electron chi connectivity index (χ0n) is 12.7. The van der Waals surface area contributed by atoms with Crippen molar-refractivity contribution in [1.29, 1.82) is 0 Å². The maximum atomic E-state index is 13.5. The number of hydrogen-bond acceptors (Lipinski definition) is 2. The molecule has 134 valence electrons. The minimum Gasteiger partial charge on any atom is -0.349 e. The molecule has 2 aromatic carbocycles. The Kier molecular flexibility index (Phi) is 6.29. The third-order valence-electron chi connectivity index (χ3n) is 3.24. The molecular weight excluding hydrogens is 385 g/mol. The Morgan fingerprint density at radius 2 is 1.64 bits per heavy atom. The third-order valence-corrected chi connectivity index (χ3v) is 4.53. The van der Waals surface area contributed by atoms with Crippen molar-refractivity contribution in [2.24, 2.45) is 0 Å². The molecule has 0 bridgehead atoms. The van der Waals surface area contributed by atoms with Crippen LogP contribution in [0.5, 0.6) is 0 Å². The third kappa shape index (κ3) is 4.43. The van der Waals surface area contributed by atoms with E-state index < -0.39 is 51.7 Å². The minimum absolute atomic E-state index is 0.224. The molecule has 0 unspecified atom stereocenters. The molecule has 0 saturated carbocycles. The van der Waals surface area contributed by atoms with Gasteiger partial charge in [-0.1, -0.05) is 23.7 Å². The van der Waals surface area contributed by atoms with Crippen LogP contribution in [0.25, 0.3) is 0 Å². The zero-order valence-corrected chi connectivity index (χ0v) is 14.3. The number of hydrogen-bond donors (Lipinski definition) is 1.